The number of amides is 2. The minimum atomic E-state index is -0.0519. The summed E-state index contributed by atoms with van der Waals surface area (Å²) in [5.41, 5.74) is 1.03. The van der Waals surface area contributed by atoms with Gasteiger partial charge in [0.15, 0.2) is 0 Å². The smallest absolute Gasteiger partial charge is 0.225 e. The molecule has 1 fully saturated rings. The first-order valence-corrected chi connectivity index (χ1v) is 8.50. The Labute approximate surface area is 138 Å². The number of pyridine rings is 1. The fourth-order valence-corrected chi connectivity index (χ4v) is 3.07. The van der Waals surface area contributed by atoms with Gasteiger partial charge in [0.25, 0.3) is 0 Å². The summed E-state index contributed by atoms with van der Waals surface area (Å²) in [6.07, 6.45) is 5.96. The van der Waals surface area contributed by atoms with Crippen LogP contribution in [-0.2, 0) is 16.1 Å². The van der Waals surface area contributed by atoms with Gasteiger partial charge in [0.2, 0.25) is 11.8 Å². The lowest BCUT2D eigenvalue weighted by atomic mass is 10.0. The highest BCUT2D eigenvalue weighted by atomic mass is 16.2. The van der Waals surface area contributed by atoms with E-state index in [4.69, 9.17) is 0 Å². The van der Waals surface area contributed by atoms with Crippen LogP contribution < -0.4 is 0 Å². The van der Waals surface area contributed by atoms with Gasteiger partial charge in [-0.1, -0.05) is 26.8 Å². The number of likely N-dealkylation sites (tertiary alicyclic amines) is 1. The first-order valence-electron chi connectivity index (χ1n) is 8.50. The maximum Gasteiger partial charge on any atom is 0.225 e. The van der Waals surface area contributed by atoms with E-state index in [2.05, 4.69) is 4.98 Å². The number of hydrogen-bond acceptors (Lipinski definition) is 3. The molecule has 0 aromatic carbocycles. The molecule has 0 saturated carbocycles. The monoisotopic (exact) mass is 317 g/mol. The molecule has 2 rings (SSSR count). The molecule has 0 radical (unpaired) electrons. The Kier molecular flexibility index (Phi) is 6.13. The Morgan fingerprint density at radius 2 is 2.22 bits per heavy atom. The first-order chi connectivity index (χ1) is 11.0. The highest BCUT2D eigenvalue weighted by Crippen LogP contribution is 2.21. The van der Waals surface area contributed by atoms with Crippen molar-refractivity contribution in [2.24, 2.45) is 5.92 Å². The Hall–Kier alpha value is -1.91. The standard InChI is InChI=1S/C18H27N3O2/c1-4-17(22)20-10-6-8-16(13-20)21(18(23)14(2)3)12-15-7-5-9-19-11-15/h5,7,9,11,14,16H,4,6,8,10,12-13H2,1-3H3. The summed E-state index contributed by atoms with van der Waals surface area (Å²) < 4.78 is 0. The molecule has 1 saturated heterocycles. The van der Waals surface area contributed by atoms with E-state index in [9.17, 15) is 9.59 Å². The Bertz CT molecular complexity index is 530. The summed E-state index contributed by atoms with van der Waals surface area (Å²) in [5, 5.41) is 0. The normalized spacial score (nSPS) is 18.1. The minimum absolute atomic E-state index is 0.0519. The number of nitrogens with zero attached hydrogens (tertiary/aromatic N) is 3. The van der Waals surface area contributed by atoms with E-state index in [1.165, 1.54) is 0 Å². The Balaban J connectivity index is 2.16. The molecule has 0 spiro atoms. The molecular weight excluding hydrogens is 290 g/mol. The third-order valence-corrected chi connectivity index (χ3v) is 4.35. The predicted molar refractivity (Wildman–Crippen MR) is 89.5 cm³/mol. The molecule has 2 amide bonds. The second-order valence-electron chi connectivity index (χ2n) is 6.47. The fraction of sp³-hybridized carbons (Fsp3) is 0.611. The molecule has 1 aliphatic rings. The van der Waals surface area contributed by atoms with Gasteiger partial charge in [0.05, 0.1) is 0 Å². The minimum Gasteiger partial charge on any atom is -0.341 e. The molecule has 126 valence electrons. The molecule has 1 aromatic heterocycles. The summed E-state index contributed by atoms with van der Waals surface area (Å²) in [6.45, 7) is 7.75. The lowest BCUT2D eigenvalue weighted by molar-refractivity contribution is -0.142. The second kappa shape index (κ2) is 8.09. The second-order valence-corrected chi connectivity index (χ2v) is 6.47. The molecule has 0 bridgehead atoms. The summed E-state index contributed by atoms with van der Waals surface area (Å²) in [7, 11) is 0. The van der Waals surface area contributed by atoms with Crippen LogP contribution in [-0.4, -0.2) is 45.7 Å². The summed E-state index contributed by atoms with van der Waals surface area (Å²) >= 11 is 0. The van der Waals surface area contributed by atoms with Crippen LogP contribution in [0.3, 0.4) is 0 Å². The average molecular weight is 317 g/mol. The highest BCUT2D eigenvalue weighted by molar-refractivity contribution is 5.79. The molecule has 5 nitrogen and oxygen atoms in total. The van der Waals surface area contributed by atoms with E-state index in [0.717, 1.165) is 24.9 Å². The maximum atomic E-state index is 12.7. The molecule has 1 aromatic rings. The zero-order valence-corrected chi connectivity index (χ0v) is 14.4. The molecule has 0 aliphatic carbocycles. The van der Waals surface area contributed by atoms with Crippen LogP contribution in [0.25, 0.3) is 0 Å². The quantitative estimate of drug-likeness (QED) is 0.838. The SMILES string of the molecule is CCC(=O)N1CCCC(N(Cc2cccnc2)C(=O)C(C)C)C1. The van der Waals surface area contributed by atoms with Crippen molar-refractivity contribution >= 4 is 11.8 Å². The first kappa shape index (κ1) is 17.4. The zero-order valence-electron chi connectivity index (χ0n) is 14.4. The fourth-order valence-electron chi connectivity index (χ4n) is 3.07. The lowest BCUT2D eigenvalue weighted by Crippen LogP contribution is -2.52. The number of piperidine rings is 1. The Morgan fingerprint density at radius 3 is 2.83 bits per heavy atom. The lowest BCUT2D eigenvalue weighted by Gasteiger charge is -2.40. The highest BCUT2D eigenvalue weighted by Gasteiger charge is 2.31. The number of rotatable bonds is 5. The molecule has 5 heteroatoms. The third-order valence-electron chi connectivity index (χ3n) is 4.35. The van der Waals surface area contributed by atoms with Gasteiger partial charge < -0.3 is 9.80 Å². The van der Waals surface area contributed by atoms with Crippen LogP contribution in [0, 0.1) is 5.92 Å². The predicted octanol–water partition coefficient (Wildman–Crippen LogP) is 2.47. The average Bonchev–Trinajstić information content (AvgIpc) is 2.59. The summed E-state index contributed by atoms with van der Waals surface area (Å²) in [4.78, 5) is 32.7. The van der Waals surface area contributed by atoms with Crippen LogP contribution in [0.5, 0.6) is 0 Å². The van der Waals surface area contributed by atoms with Crippen molar-refractivity contribution in [1.29, 1.82) is 0 Å². The third kappa shape index (κ3) is 4.53. The van der Waals surface area contributed by atoms with Crippen LogP contribution in [0.2, 0.25) is 0 Å². The zero-order chi connectivity index (χ0) is 16.8. The summed E-state index contributed by atoms with van der Waals surface area (Å²) in [6, 6.07) is 3.97. The molecule has 2 heterocycles. The van der Waals surface area contributed by atoms with Crippen LogP contribution in [0.1, 0.15) is 45.6 Å². The molecule has 1 atom stereocenters. The van der Waals surface area contributed by atoms with Crippen molar-refractivity contribution in [3.05, 3.63) is 30.1 Å². The van der Waals surface area contributed by atoms with Gasteiger partial charge in [-0.25, -0.2) is 0 Å². The molecule has 0 N–H and O–H groups in total. The largest absolute Gasteiger partial charge is 0.341 e. The number of carbonyl (C=O) groups excluding carboxylic acids is 2. The van der Waals surface area contributed by atoms with Gasteiger partial charge in [-0.2, -0.15) is 0 Å². The van der Waals surface area contributed by atoms with Gasteiger partial charge in [-0.15, -0.1) is 0 Å². The van der Waals surface area contributed by atoms with Crippen molar-refractivity contribution in [3.8, 4) is 0 Å². The van der Waals surface area contributed by atoms with Crippen molar-refractivity contribution in [1.82, 2.24) is 14.8 Å². The van der Waals surface area contributed by atoms with E-state index >= 15 is 0 Å². The van der Waals surface area contributed by atoms with Gasteiger partial charge in [0, 0.05) is 50.4 Å². The number of hydrogen-bond donors (Lipinski definition) is 0. The molecule has 1 unspecified atom stereocenters. The van der Waals surface area contributed by atoms with Crippen molar-refractivity contribution in [2.45, 2.75) is 52.6 Å². The van der Waals surface area contributed by atoms with Crippen molar-refractivity contribution in [2.75, 3.05) is 13.1 Å². The van der Waals surface area contributed by atoms with Crippen LogP contribution in [0.4, 0.5) is 0 Å². The van der Waals surface area contributed by atoms with E-state index < -0.39 is 0 Å². The van der Waals surface area contributed by atoms with E-state index in [1.807, 2.05) is 42.7 Å². The van der Waals surface area contributed by atoms with Gasteiger partial charge in [-0.05, 0) is 24.5 Å². The van der Waals surface area contributed by atoms with Gasteiger partial charge in [0.1, 0.15) is 0 Å². The summed E-state index contributed by atoms with van der Waals surface area (Å²) in [5.74, 6) is 0.265. The van der Waals surface area contributed by atoms with Crippen molar-refractivity contribution < 1.29 is 9.59 Å². The van der Waals surface area contributed by atoms with E-state index in [1.54, 1.807) is 12.4 Å². The van der Waals surface area contributed by atoms with Crippen molar-refractivity contribution in [3.63, 3.8) is 0 Å². The molecule has 1 aliphatic heterocycles. The van der Waals surface area contributed by atoms with Gasteiger partial charge >= 0.3 is 0 Å². The number of carbonyl (C=O) groups is 2. The maximum absolute atomic E-state index is 12.7. The van der Waals surface area contributed by atoms with Gasteiger partial charge in [-0.3, -0.25) is 14.6 Å². The molecular formula is C18H27N3O2. The Morgan fingerprint density at radius 1 is 1.43 bits per heavy atom. The van der Waals surface area contributed by atoms with Crippen LogP contribution in [0.15, 0.2) is 24.5 Å². The van der Waals surface area contributed by atoms with E-state index in [-0.39, 0.29) is 23.8 Å². The number of aromatic nitrogens is 1. The van der Waals surface area contributed by atoms with E-state index in [0.29, 0.717) is 19.5 Å². The van der Waals surface area contributed by atoms with Crippen LogP contribution >= 0.6 is 0 Å². The topological polar surface area (TPSA) is 53.5 Å². The molecule has 23 heavy (non-hydrogen) atoms.